The molecule has 2 amide bonds. The number of hydrogen-bond acceptors (Lipinski definition) is 6. The maximum Gasteiger partial charge on any atom is 0.410 e. The number of carbonyl (C=O) groups excluding carboxylic acids is 3. The smallest absolute Gasteiger partial charge is 0.410 e. The van der Waals surface area contributed by atoms with Crippen LogP contribution in [0.25, 0.3) is 0 Å². The van der Waals surface area contributed by atoms with E-state index in [-0.39, 0.29) is 70.0 Å². The zero-order valence-electron chi connectivity index (χ0n) is 37.6. The molecule has 0 aromatic rings. The number of ether oxygens (including phenoxy) is 2. The number of amides is 2. The standard InChI is InChI=1S/C48H78N2O7/c1-30(2)32-15-22-48(27-37(51)49-31-18-25-50(26-19-31)41(55)57-42(3,4)5)24-23-46(11)33(40(32)48)13-14-35-45(10)20-17-36(44(8,9)34(45)16-21-47(35,46)12)56-39(54)29-43(6,7)28-38(52)53/h31-36,40H,1,13-29H2,2-12H3,(H,49,51)(H,52,53)/t32-,33+,34-,35+,36-,40+,45-,46+,47+,48+/m0/s1. The fourth-order valence-corrected chi connectivity index (χ4v) is 15.0. The van der Waals surface area contributed by atoms with Crippen molar-refractivity contribution in [2.24, 2.45) is 62.1 Å². The van der Waals surface area contributed by atoms with Gasteiger partial charge in [0.25, 0.3) is 0 Å². The minimum absolute atomic E-state index is 0.0116. The van der Waals surface area contributed by atoms with Crippen LogP contribution < -0.4 is 5.32 Å². The predicted molar refractivity (Wildman–Crippen MR) is 223 cm³/mol. The van der Waals surface area contributed by atoms with Crippen LogP contribution in [0.4, 0.5) is 4.79 Å². The van der Waals surface area contributed by atoms with Gasteiger partial charge in [0, 0.05) is 31.0 Å². The van der Waals surface area contributed by atoms with Gasteiger partial charge in [-0.3, -0.25) is 14.4 Å². The molecular weight excluding hydrogens is 717 g/mol. The molecule has 5 saturated carbocycles. The predicted octanol–water partition coefficient (Wildman–Crippen LogP) is 10.4. The molecule has 2 N–H and O–H groups in total. The second-order valence-corrected chi connectivity index (χ2v) is 23.3. The molecule has 0 aromatic carbocycles. The number of nitrogens with one attached hydrogen (secondary N) is 1. The summed E-state index contributed by atoms with van der Waals surface area (Å²) >= 11 is 0. The van der Waals surface area contributed by atoms with Crippen LogP contribution in [0.5, 0.6) is 0 Å². The van der Waals surface area contributed by atoms with E-state index in [0.29, 0.717) is 49.1 Å². The Morgan fingerprint density at radius 1 is 0.789 bits per heavy atom. The third-order valence-electron chi connectivity index (χ3n) is 17.7. The summed E-state index contributed by atoms with van der Waals surface area (Å²) in [5, 5.41) is 12.8. The average molecular weight is 795 g/mol. The molecule has 0 unspecified atom stereocenters. The molecule has 6 aliphatic rings. The van der Waals surface area contributed by atoms with Gasteiger partial charge in [0.15, 0.2) is 0 Å². The van der Waals surface area contributed by atoms with Gasteiger partial charge in [-0.15, -0.1) is 0 Å². The molecule has 9 heteroatoms. The summed E-state index contributed by atoms with van der Waals surface area (Å²) in [4.78, 5) is 53.3. The Balaban J connectivity index is 1.16. The number of carboxylic acid groups (broad SMARTS) is 1. The number of piperidine rings is 1. The number of fused-ring (bicyclic) bond motifs is 7. The third kappa shape index (κ3) is 8.05. The van der Waals surface area contributed by atoms with Crippen LogP contribution in [0.1, 0.15) is 172 Å². The molecule has 6 fully saturated rings. The van der Waals surface area contributed by atoms with E-state index < -0.39 is 17.0 Å². The zero-order chi connectivity index (χ0) is 42.1. The van der Waals surface area contributed by atoms with Crippen LogP contribution in [-0.2, 0) is 23.9 Å². The van der Waals surface area contributed by atoms with Gasteiger partial charge >= 0.3 is 18.0 Å². The summed E-state index contributed by atoms with van der Waals surface area (Å²) in [7, 11) is 0. The summed E-state index contributed by atoms with van der Waals surface area (Å²) < 4.78 is 11.9. The maximum absolute atomic E-state index is 14.1. The van der Waals surface area contributed by atoms with E-state index in [1.807, 2.05) is 34.6 Å². The summed E-state index contributed by atoms with van der Waals surface area (Å²) in [6, 6.07) is 0.0788. The van der Waals surface area contributed by atoms with Gasteiger partial charge in [-0.05, 0) is 161 Å². The molecule has 5 aliphatic carbocycles. The van der Waals surface area contributed by atoms with Crippen molar-refractivity contribution in [3.8, 4) is 0 Å². The van der Waals surface area contributed by atoms with Crippen LogP contribution in [0.3, 0.4) is 0 Å². The first-order valence-electron chi connectivity index (χ1n) is 22.6. The van der Waals surface area contributed by atoms with Crippen LogP contribution in [0.2, 0.25) is 0 Å². The Kier molecular flexibility index (Phi) is 11.7. The van der Waals surface area contributed by atoms with Crippen molar-refractivity contribution in [3.63, 3.8) is 0 Å². The monoisotopic (exact) mass is 795 g/mol. The van der Waals surface area contributed by atoms with Crippen LogP contribution in [0, 0.1) is 62.1 Å². The number of likely N-dealkylation sites (tertiary alicyclic amines) is 1. The van der Waals surface area contributed by atoms with Crippen LogP contribution in [0.15, 0.2) is 12.2 Å². The fourth-order valence-electron chi connectivity index (χ4n) is 15.0. The van der Waals surface area contributed by atoms with Crippen molar-refractivity contribution in [3.05, 3.63) is 12.2 Å². The maximum atomic E-state index is 14.1. The Labute approximate surface area is 344 Å². The highest BCUT2D eigenvalue weighted by molar-refractivity contribution is 5.77. The summed E-state index contributed by atoms with van der Waals surface area (Å²) in [5.41, 5.74) is 0.370. The molecule has 6 rings (SSSR count). The minimum Gasteiger partial charge on any atom is -0.481 e. The normalized spacial score (nSPS) is 39.1. The van der Waals surface area contributed by atoms with Gasteiger partial charge < -0.3 is 24.8 Å². The molecule has 9 nitrogen and oxygen atoms in total. The number of carbonyl (C=O) groups is 4. The Bertz CT molecular complexity index is 1590. The summed E-state index contributed by atoms with van der Waals surface area (Å²) in [6.45, 7) is 29.8. The van der Waals surface area contributed by atoms with Crippen molar-refractivity contribution >= 4 is 23.9 Å². The SMILES string of the molecule is C=C(C)[C@@H]1CC[C@]2(CC(=O)NC3CCN(C(=O)OC(C)(C)C)CC3)CC[C@]3(C)[C@H](CC[C@@H]4[C@@]5(C)CC[C@H](OC(=O)CC(C)(C)CC(=O)O)C(C)(C)[C@@H]5CC[C@]43C)[C@@H]12. The highest BCUT2D eigenvalue weighted by Crippen LogP contribution is 2.78. The molecule has 0 spiro atoms. The van der Waals surface area contributed by atoms with E-state index in [0.717, 1.165) is 57.8 Å². The first-order chi connectivity index (χ1) is 26.3. The van der Waals surface area contributed by atoms with E-state index in [4.69, 9.17) is 9.47 Å². The molecule has 57 heavy (non-hydrogen) atoms. The number of allylic oxidation sites excluding steroid dienone is 1. The van der Waals surface area contributed by atoms with Crippen molar-refractivity contribution in [1.82, 2.24) is 10.2 Å². The Hall–Kier alpha value is -2.58. The molecule has 1 heterocycles. The van der Waals surface area contributed by atoms with E-state index >= 15 is 0 Å². The van der Waals surface area contributed by atoms with Gasteiger partial charge in [-0.25, -0.2) is 4.79 Å². The van der Waals surface area contributed by atoms with Gasteiger partial charge in [0.2, 0.25) is 5.91 Å². The lowest BCUT2D eigenvalue weighted by molar-refractivity contribution is -0.250. The first kappa shape index (κ1) is 44.0. The number of hydrogen-bond donors (Lipinski definition) is 2. The van der Waals surface area contributed by atoms with Crippen molar-refractivity contribution in [2.75, 3.05) is 13.1 Å². The highest BCUT2D eigenvalue weighted by Gasteiger charge is 2.71. The second kappa shape index (κ2) is 15.2. The topological polar surface area (TPSA) is 122 Å². The zero-order valence-corrected chi connectivity index (χ0v) is 37.6. The summed E-state index contributed by atoms with van der Waals surface area (Å²) in [5.74, 6) is 1.45. The van der Waals surface area contributed by atoms with Gasteiger partial charge in [0.05, 0.1) is 12.8 Å². The molecule has 0 bridgehead atoms. The number of aliphatic carboxylic acids is 1. The molecule has 0 radical (unpaired) electrons. The second-order valence-electron chi connectivity index (χ2n) is 23.3. The van der Waals surface area contributed by atoms with E-state index in [9.17, 15) is 24.3 Å². The molecule has 0 aromatic heterocycles. The lowest BCUT2D eigenvalue weighted by atomic mass is 9.32. The largest absolute Gasteiger partial charge is 0.481 e. The van der Waals surface area contributed by atoms with Gasteiger partial charge in [0.1, 0.15) is 11.7 Å². The van der Waals surface area contributed by atoms with Crippen LogP contribution in [-0.4, -0.2) is 64.8 Å². The fraction of sp³-hybridized carbons (Fsp3) is 0.875. The van der Waals surface area contributed by atoms with Crippen molar-refractivity contribution < 1.29 is 33.8 Å². The number of rotatable bonds is 9. The molecule has 1 saturated heterocycles. The van der Waals surface area contributed by atoms with Gasteiger partial charge in [-0.2, -0.15) is 0 Å². The van der Waals surface area contributed by atoms with Crippen LogP contribution >= 0.6 is 0 Å². The Morgan fingerprint density at radius 3 is 2.07 bits per heavy atom. The lowest BCUT2D eigenvalue weighted by Gasteiger charge is -2.73. The molecule has 1 aliphatic heterocycles. The van der Waals surface area contributed by atoms with E-state index in [2.05, 4.69) is 53.4 Å². The minimum atomic E-state index is -0.891. The molecule has 10 atom stereocenters. The van der Waals surface area contributed by atoms with Crippen molar-refractivity contribution in [1.29, 1.82) is 0 Å². The quantitative estimate of drug-likeness (QED) is 0.176. The molecule has 322 valence electrons. The Morgan fingerprint density at radius 2 is 1.46 bits per heavy atom. The number of esters is 1. The van der Waals surface area contributed by atoms with Crippen molar-refractivity contribution in [2.45, 2.75) is 190 Å². The lowest BCUT2D eigenvalue weighted by Crippen LogP contribution is -2.67. The van der Waals surface area contributed by atoms with Gasteiger partial charge in [-0.1, -0.05) is 60.6 Å². The highest BCUT2D eigenvalue weighted by atomic mass is 16.6. The average Bonchev–Trinajstić information content (AvgIpc) is 3.44. The third-order valence-corrected chi connectivity index (χ3v) is 17.7. The number of carboxylic acids is 1. The van der Waals surface area contributed by atoms with E-state index in [1.165, 1.54) is 24.8 Å². The first-order valence-corrected chi connectivity index (χ1v) is 22.6. The number of nitrogens with zero attached hydrogens (tertiary/aromatic N) is 1. The van der Waals surface area contributed by atoms with E-state index in [1.54, 1.807) is 4.90 Å². The summed E-state index contributed by atoms with van der Waals surface area (Å²) in [6.07, 6.45) is 12.7. The molecular formula is C48H78N2O7.